The summed E-state index contributed by atoms with van der Waals surface area (Å²) >= 11 is 0. The molecule has 1 aliphatic heterocycles. The van der Waals surface area contributed by atoms with Crippen molar-refractivity contribution in [3.05, 3.63) is 0 Å². The zero-order valence-electron chi connectivity index (χ0n) is 15.2. The van der Waals surface area contributed by atoms with Crippen molar-refractivity contribution in [2.75, 3.05) is 6.54 Å². The van der Waals surface area contributed by atoms with Gasteiger partial charge in [0, 0.05) is 6.54 Å². The molecule has 124 valence electrons. The Morgan fingerprint density at radius 1 is 1.24 bits per heavy atom. The molecule has 1 heterocycles. The van der Waals surface area contributed by atoms with Crippen LogP contribution in [0.1, 0.15) is 54.9 Å². The summed E-state index contributed by atoms with van der Waals surface area (Å²) in [4.78, 5) is 13.2. The molecule has 0 aromatic rings. The van der Waals surface area contributed by atoms with E-state index in [0.717, 1.165) is 6.42 Å². The Morgan fingerprint density at radius 2 is 1.71 bits per heavy atom. The third-order valence-corrected chi connectivity index (χ3v) is 10.3. The topological polar surface area (TPSA) is 49.8 Å². The molecular weight excluding hydrogens is 282 g/mol. The Bertz CT molecular complexity index is 409. The van der Waals surface area contributed by atoms with Crippen LogP contribution in [0.3, 0.4) is 0 Å². The molecule has 1 rings (SSSR count). The molecule has 4 nitrogen and oxygen atoms in total. The van der Waals surface area contributed by atoms with E-state index in [4.69, 9.17) is 4.43 Å². The molecule has 5 heteroatoms. The minimum Gasteiger partial charge on any atom is -0.465 e. The highest BCUT2D eigenvalue weighted by Crippen LogP contribution is 2.48. The standard InChI is InChI=1S/C16H33NO3Si/c1-14(2,3)16(7)12(10-11-17(16)13(18)19)20-21(8,9)15(4,5)6/h12H,10-11H2,1-9H3,(H,18,19)/t12-,16-/m0/s1. The molecule has 21 heavy (non-hydrogen) atoms. The smallest absolute Gasteiger partial charge is 0.407 e. The first-order valence-electron chi connectivity index (χ1n) is 7.83. The molecule has 1 aliphatic rings. The Balaban J connectivity index is 3.16. The maximum absolute atomic E-state index is 11.7. The van der Waals surface area contributed by atoms with Gasteiger partial charge in [-0.25, -0.2) is 4.79 Å². The Labute approximate surface area is 131 Å². The van der Waals surface area contributed by atoms with Crippen LogP contribution in [0.5, 0.6) is 0 Å². The predicted molar refractivity (Wildman–Crippen MR) is 89.3 cm³/mol. The minimum absolute atomic E-state index is 0.0329. The first-order chi connectivity index (χ1) is 9.14. The van der Waals surface area contributed by atoms with Crippen LogP contribution in [0, 0.1) is 5.41 Å². The van der Waals surface area contributed by atoms with Crippen LogP contribution in [0.2, 0.25) is 18.1 Å². The SMILES string of the molecule is CC(C)(C)[C@]1(C)[C@@H](O[Si](C)(C)C(C)(C)C)CCN1C(=O)O. The van der Waals surface area contributed by atoms with Crippen molar-refractivity contribution in [2.24, 2.45) is 5.41 Å². The minimum atomic E-state index is -1.92. The summed E-state index contributed by atoms with van der Waals surface area (Å²) in [5.41, 5.74) is -0.663. The second kappa shape index (κ2) is 5.27. The van der Waals surface area contributed by atoms with Gasteiger partial charge in [0.2, 0.25) is 0 Å². The highest BCUT2D eigenvalue weighted by Gasteiger charge is 2.57. The molecule has 1 N–H and O–H groups in total. The monoisotopic (exact) mass is 315 g/mol. The Kier molecular flexibility index (Phi) is 4.64. The maximum atomic E-state index is 11.7. The van der Waals surface area contributed by atoms with Gasteiger partial charge in [0.25, 0.3) is 0 Å². The molecule has 0 radical (unpaired) electrons. The molecule has 1 amide bonds. The lowest BCUT2D eigenvalue weighted by Crippen LogP contribution is -2.61. The van der Waals surface area contributed by atoms with Crippen LogP contribution in [-0.2, 0) is 4.43 Å². The van der Waals surface area contributed by atoms with Crippen LogP contribution >= 0.6 is 0 Å². The van der Waals surface area contributed by atoms with E-state index in [2.05, 4.69) is 54.6 Å². The Morgan fingerprint density at radius 3 is 2.05 bits per heavy atom. The molecule has 0 aliphatic carbocycles. The molecule has 0 bridgehead atoms. The number of likely N-dealkylation sites (tertiary alicyclic amines) is 1. The van der Waals surface area contributed by atoms with E-state index in [0.29, 0.717) is 6.54 Å². The van der Waals surface area contributed by atoms with E-state index in [9.17, 15) is 9.90 Å². The molecule has 0 spiro atoms. The molecule has 0 aromatic carbocycles. The van der Waals surface area contributed by atoms with Crippen molar-refractivity contribution in [1.29, 1.82) is 0 Å². The van der Waals surface area contributed by atoms with E-state index in [1.54, 1.807) is 4.90 Å². The summed E-state index contributed by atoms with van der Waals surface area (Å²) in [5, 5.41) is 9.70. The third-order valence-electron chi connectivity index (χ3n) is 5.79. The largest absolute Gasteiger partial charge is 0.465 e. The van der Waals surface area contributed by atoms with Gasteiger partial charge in [-0.05, 0) is 36.9 Å². The summed E-state index contributed by atoms with van der Waals surface area (Å²) in [6.45, 7) is 20.1. The fraction of sp³-hybridized carbons (Fsp3) is 0.938. The second-order valence-electron chi connectivity index (χ2n) is 8.99. The number of carboxylic acid groups (broad SMARTS) is 1. The molecule has 1 fully saturated rings. The van der Waals surface area contributed by atoms with Crippen LogP contribution in [0.15, 0.2) is 0 Å². The Hall–Kier alpha value is -0.553. The van der Waals surface area contributed by atoms with Gasteiger partial charge in [0.1, 0.15) is 0 Å². The lowest BCUT2D eigenvalue weighted by Gasteiger charge is -2.50. The molecule has 0 unspecified atom stereocenters. The van der Waals surface area contributed by atoms with Gasteiger partial charge >= 0.3 is 6.09 Å². The summed E-state index contributed by atoms with van der Waals surface area (Å²) in [5.74, 6) is 0. The number of rotatable bonds is 2. The van der Waals surface area contributed by atoms with Crippen molar-refractivity contribution in [2.45, 2.75) is 84.7 Å². The summed E-state index contributed by atoms with van der Waals surface area (Å²) < 4.78 is 6.62. The van der Waals surface area contributed by atoms with Gasteiger partial charge in [-0.3, -0.25) is 4.90 Å². The molecule has 0 saturated carbocycles. The van der Waals surface area contributed by atoms with Gasteiger partial charge in [-0.2, -0.15) is 0 Å². The molecule has 1 saturated heterocycles. The summed E-state index contributed by atoms with van der Waals surface area (Å²) in [6.07, 6.45) is -0.0877. The number of amides is 1. The first-order valence-corrected chi connectivity index (χ1v) is 10.7. The highest BCUT2D eigenvalue weighted by molar-refractivity contribution is 6.74. The van der Waals surface area contributed by atoms with Gasteiger partial charge in [-0.1, -0.05) is 41.5 Å². The molecule has 2 atom stereocenters. The zero-order chi connectivity index (χ0) is 16.9. The second-order valence-corrected chi connectivity index (χ2v) is 13.7. The van der Waals surface area contributed by atoms with Gasteiger partial charge in [0.15, 0.2) is 8.32 Å². The van der Waals surface area contributed by atoms with Crippen molar-refractivity contribution >= 4 is 14.4 Å². The van der Waals surface area contributed by atoms with Crippen LogP contribution < -0.4 is 0 Å². The van der Waals surface area contributed by atoms with Crippen LogP contribution in [0.4, 0.5) is 4.79 Å². The predicted octanol–water partition coefficient (Wildman–Crippen LogP) is 4.57. The van der Waals surface area contributed by atoms with Crippen molar-refractivity contribution in [3.8, 4) is 0 Å². The van der Waals surface area contributed by atoms with E-state index in [1.165, 1.54) is 0 Å². The van der Waals surface area contributed by atoms with Crippen LogP contribution in [0.25, 0.3) is 0 Å². The van der Waals surface area contributed by atoms with E-state index in [1.807, 2.05) is 6.92 Å². The van der Waals surface area contributed by atoms with Crippen LogP contribution in [-0.4, -0.2) is 42.6 Å². The van der Waals surface area contributed by atoms with Gasteiger partial charge in [-0.15, -0.1) is 0 Å². The molecular formula is C16H33NO3Si. The quantitative estimate of drug-likeness (QED) is 0.760. The lowest BCUT2D eigenvalue weighted by molar-refractivity contribution is -0.0220. The number of carbonyl (C=O) groups is 1. The average Bonchev–Trinajstić information content (AvgIpc) is 2.54. The normalized spacial score (nSPS) is 28.0. The number of nitrogens with zero attached hydrogens (tertiary/aromatic N) is 1. The fourth-order valence-corrected chi connectivity index (χ4v) is 4.23. The average molecular weight is 316 g/mol. The summed E-state index contributed by atoms with van der Waals surface area (Å²) in [6, 6.07) is 0. The summed E-state index contributed by atoms with van der Waals surface area (Å²) in [7, 11) is -1.92. The zero-order valence-corrected chi connectivity index (χ0v) is 16.2. The van der Waals surface area contributed by atoms with Crippen molar-refractivity contribution in [3.63, 3.8) is 0 Å². The van der Waals surface area contributed by atoms with E-state index >= 15 is 0 Å². The van der Waals surface area contributed by atoms with E-state index < -0.39 is 19.9 Å². The van der Waals surface area contributed by atoms with E-state index in [-0.39, 0.29) is 16.6 Å². The first kappa shape index (κ1) is 18.5. The van der Waals surface area contributed by atoms with Crippen molar-refractivity contribution in [1.82, 2.24) is 4.90 Å². The maximum Gasteiger partial charge on any atom is 0.407 e. The van der Waals surface area contributed by atoms with Gasteiger partial charge < -0.3 is 9.53 Å². The number of hydrogen-bond acceptors (Lipinski definition) is 2. The highest BCUT2D eigenvalue weighted by atomic mass is 28.4. The van der Waals surface area contributed by atoms with Crippen molar-refractivity contribution < 1.29 is 14.3 Å². The van der Waals surface area contributed by atoms with Gasteiger partial charge in [0.05, 0.1) is 11.6 Å². The molecule has 0 aromatic heterocycles. The fourth-order valence-electron chi connectivity index (χ4n) is 2.82. The third kappa shape index (κ3) is 3.14. The number of hydrogen-bond donors (Lipinski definition) is 1. The lowest BCUT2D eigenvalue weighted by atomic mass is 9.72.